The molecule has 0 spiro atoms. The van der Waals surface area contributed by atoms with Crippen LogP contribution in [0.15, 0.2) is 11.2 Å². The Labute approximate surface area is 120 Å². The molecule has 0 unspecified atom stereocenters. The van der Waals surface area contributed by atoms with E-state index in [2.05, 4.69) is 10.5 Å². The van der Waals surface area contributed by atoms with Crippen LogP contribution in [0.4, 0.5) is 5.69 Å². The fraction of sp³-hybridized carbons (Fsp3) is 0.231. The molecule has 0 radical (unpaired) electrons. The number of hydrogen-bond donors (Lipinski definition) is 1. The number of hydrogen-bond acceptors (Lipinski definition) is 8. The fourth-order valence-corrected chi connectivity index (χ4v) is 1.90. The van der Waals surface area contributed by atoms with E-state index in [0.29, 0.717) is 11.3 Å². The molecular weight excluding hydrogens is 276 g/mol. The molecular formula is C13H10N4O4. The Morgan fingerprint density at radius 3 is 2.67 bits per heavy atom. The highest BCUT2D eigenvalue weighted by atomic mass is 16.5. The van der Waals surface area contributed by atoms with E-state index in [1.807, 2.05) is 0 Å². The first-order chi connectivity index (χ1) is 10.2. The summed E-state index contributed by atoms with van der Waals surface area (Å²) in [6.45, 7) is 0.107. The van der Waals surface area contributed by atoms with Gasteiger partial charge in [-0.25, -0.2) is 4.79 Å². The Balaban J connectivity index is 2.60. The zero-order valence-corrected chi connectivity index (χ0v) is 11.3. The number of fused-ring (bicyclic) bond motifs is 1. The normalized spacial score (nSPS) is 11.5. The lowest BCUT2D eigenvalue weighted by atomic mass is 10.1. The van der Waals surface area contributed by atoms with Crippen molar-refractivity contribution in [3.63, 3.8) is 0 Å². The van der Waals surface area contributed by atoms with Gasteiger partial charge < -0.3 is 14.2 Å². The van der Waals surface area contributed by atoms with Crippen LogP contribution in [0, 0.1) is 22.7 Å². The minimum Gasteiger partial charge on any atom is -0.493 e. The summed E-state index contributed by atoms with van der Waals surface area (Å²) in [5.41, 5.74) is 3.16. The predicted octanol–water partition coefficient (Wildman–Crippen LogP) is 1.19. The van der Waals surface area contributed by atoms with Crippen LogP contribution < -0.4 is 14.9 Å². The largest absolute Gasteiger partial charge is 0.493 e. The van der Waals surface area contributed by atoms with E-state index >= 15 is 0 Å². The zero-order valence-electron chi connectivity index (χ0n) is 11.3. The number of rotatable bonds is 4. The Bertz CT molecular complexity index is 696. The summed E-state index contributed by atoms with van der Waals surface area (Å²) in [6.07, 6.45) is 0. The minimum absolute atomic E-state index is 0.107. The summed E-state index contributed by atoms with van der Waals surface area (Å²) in [5.74, 6) is 0.0657. The molecule has 2 rings (SSSR count). The van der Waals surface area contributed by atoms with Gasteiger partial charge in [-0.1, -0.05) is 0 Å². The lowest BCUT2D eigenvalue weighted by Gasteiger charge is -2.14. The van der Waals surface area contributed by atoms with Gasteiger partial charge in [0.25, 0.3) is 0 Å². The summed E-state index contributed by atoms with van der Waals surface area (Å²) >= 11 is 0. The number of nitrogens with zero attached hydrogens (tertiary/aromatic N) is 3. The number of ether oxygens (including phenoxy) is 3. The van der Waals surface area contributed by atoms with Gasteiger partial charge in [-0.2, -0.15) is 15.6 Å². The van der Waals surface area contributed by atoms with E-state index in [9.17, 15) is 4.79 Å². The van der Waals surface area contributed by atoms with Crippen molar-refractivity contribution in [3.05, 3.63) is 17.2 Å². The third-order valence-corrected chi connectivity index (χ3v) is 2.81. The van der Waals surface area contributed by atoms with Crippen molar-refractivity contribution in [1.82, 2.24) is 0 Å². The number of nitriles is 2. The number of carbonyl (C=O) groups excluding carboxylic acids is 1. The number of anilines is 1. The highest BCUT2D eigenvalue weighted by Crippen LogP contribution is 2.42. The molecule has 8 nitrogen and oxygen atoms in total. The van der Waals surface area contributed by atoms with Crippen LogP contribution in [0.5, 0.6) is 11.5 Å². The summed E-state index contributed by atoms with van der Waals surface area (Å²) in [5, 5.41) is 21.0. The average molecular weight is 286 g/mol. The predicted molar refractivity (Wildman–Crippen MR) is 70.9 cm³/mol. The molecule has 106 valence electrons. The number of methoxy groups -OCH3 is 2. The van der Waals surface area contributed by atoms with Gasteiger partial charge in [-0.05, 0) is 6.07 Å². The van der Waals surface area contributed by atoms with Gasteiger partial charge in [0, 0.05) is 5.56 Å². The molecule has 0 aromatic heterocycles. The van der Waals surface area contributed by atoms with Crippen molar-refractivity contribution < 1.29 is 19.0 Å². The molecule has 0 atom stereocenters. The van der Waals surface area contributed by atoms with Crippen LogP contribution >= 0.6 is 0 Å². The Kier molecular flexibility index (Phi) is 3.91. The Hall–Kier alpha value is -3.26. The molecule has 0 saturated heterocycles. The van der Waals surface area contributed by atoms with Crippen molar-refractivity contribution in [1.29, 1.82) is 10.5 Å². The second kappa shape index (κ2) is 5.80. The van der Waals surface area contributed by atoms with E-state index < -0.39 is 5.97 Å². The lowest BCUT2D eigenvalue weighted by Crippen LogP contribution is -2.06. The van der Waals surface area contributed by atoms with Crippen LogP contribution in [0.25, 0.3) is 0 Å². The molecule has 1 aliphatic heterocycles. The smallest absolute Gasteiger partial charge is 0.341 e. The van der Waals surface area contributed by atoms with Crippen molar-refractivity contribution >= 4 is 17.4 Å². The van der Waals surface area contributed by atoms with Gasteiger partial charge in [0.15, 0.2) is 11.5 Å². The van der Waals surface area contributed by atoms with Crippen molar-refractivity contribution in [2.45, 2.75) is 6.61 Å². The number of cyclic esters (lactones) is 1. The van der Waals surface area contributed by atoms with Gasteiger partial charge >= 0.3 is 5.97 Å². The van der Waals surface area contributed by atoms with Gasteiger partial charge in [0.2, 0.25) is 5.71 Å². The number of hydrazone groups is 1. The Morgan fingerprint density at radius 2 is 2.10 bits per heavy atom. The summed E-state index contributed by atoms with van der Waals surface area (Å²) in [6, 6.07) is 4.84. The van der Waals surface area contributed by atoms with Gasteiger partial charge in [-0.3, -0.25) is 5.43 Å². The summed E-state index contributed by atoms with van der Waals surface area (Å²) in [7, 11) is 2.85. The number of nitrogens with one attached hydrogen (secondary N) is 1. The molecule has 1 N–H and O–H groups in total. The van der Waals surface area contributed by atoms with Crippen LogP contribution in [-0.2, 0) is 11.3 Å². The Morgan fingerprint density at radius 1 is 1.38 bits per heavy atom. The molecule has 1 aromatic carbocycles. The van der Waals surface area contributed by atoms with E-state index in [-0.39, 0.29) is 29.3 Å². The van der Waals surface area contributed by atoms with Gasteiger partial charge in [-0.15, -0.1) is 0 Å². The van der Waals surface area contributed by atoms with E-state index in [1.54, 1.807) is 18.2 Å². The van der Waals surface area contributed by atoms with Gasteiger partial charge in [0.05, 0.1) is 19.8 Å². The highest BCUT2D eigenvalue weighted by molar-refractivity contribution is 6.10. The first-order valence-corrected chi connectivity index (χ1v) is 5.75. The first kappa shape index (κ1) is 14.2. The minimum atomic E-state index is -0.542. The zero-order chi connectivity index (χ0) is 15.4. The molecule has 1 aliphatic rings. The van der Waals surface area contributed by atoms with E-state index in [1.165, 1.54) is 14.2 Å². The van der Waals surface area contributed by atoms with Crippen LogP contribution in [-0.4, -0.2) is 25.9 Å². The third kappa shape index (κ3) is 2.42. The van der Waals surface area contributed by atoms with Crippen molar-refractivity contribution in [3.8, 4) is 23.6 Å². The summed E-state index contributed by atoms with van der Waals surface area (Å²) in [4.78, 5) is 11.8. The number of benzene rings is 1. The molecule has 0 saturated carbocycles. The topological polar surface area (TPSA) is 117 Å². The van der Waals surface area contributed by atoms with E-state index in [4.69, 9.17) is 24.7 Å². The molecule has 1 heterocycles. The monoisotopic (exact) mass is 286 g/mol. The third-order valence-electron chi connectivity index (χ3n) is 2.81. The maximum Gasteiger partial charge on any atom is 0.341 e. The quantitative estimate of drug-likeness (QED) is 0.502. The second-order valence-electron chi connectivity index (χ2n) is 3.89. The molecule has 21 heavy (non-hydrogen) atoms. The molecule has 0 fully saturated rings. The van der Waals surface area contributed by atoms with Crippen LogP contribution in [0.1, 0.15) is 15.9 Å². The molecule has 0 amide bonds. The molecule has 0 aliphatic carbocycles. The maximum absolute atomic E-state index is 11.8. The first-order valence-electron chi connectivity index (χ1n) is 5.75. The van der Waals surface area contributed by atoms with Crippen molar-refractivity contribution in [2.24, 2.45) is 5.10 Å². The summed E-state index contributed by atoms with van der Waals surface area (Å²) < 4.78 is 15.4. The molecule has 8 heteroatoms. The van der Waals surface area contributed by atoms with Crippen LogP contribution in [0.3, 0.4) is 0 Å². The number of esters is 1. The maximum atomic E-state index is 11.8. The van der Waals surface area contributed by atoms with E-state index in [0.717, 1.165) is 0 Å². The SMILES string of the molecule is COc1cc2c(c(NN=C(C#N)C#N)c1OC)C(=O)OC2. The standard InChI is InChI=1S/C13H10N4O4/c1-19-9-3-7-6-21-13(18)10(7)11(12(9)20-2)17-16-8(4-14)5-15/h3,17H,6H2,1-2H3. The molecule has 1 aromatic rings. The fourth-order valence-electron chi connectivity index (χ4n) is 1.90. The highest BCUT2D eigenvalue weighted by Gasteiger charge is 2.30. The van der Waals surface area contributed by atoms with Crippen molar-refractivity contribution in [2.75, 3.05) is 19.6 Å². The average Bonchev–Trinajstić information content (AvgIpc) is 2.88. The lowest BCUT2D eigenvalue weighted by molar-refractivity contribution is 0.0535. The second-order valence-corrected chi connectivity index (χ2v) is 3.89. The number of carbonyl (C=O) groups is 1. The molecule has 0 bridgehead atoms. The van der Waals surface area contributed by atoms with Gasteiger partial charge in [0.1, 0.15) is 24.4 Å². The van der Waals surface area contributed by atoms with Crippen LogP contribution in [0.2, 0.25) is 0 Å².